The van der Waals surface area contributed by atoms with E-state index in [0.717, 1.165) is 0 Å². The van der Waals surface area contributed by atoms with Crippen molar-refractivity contribution in [3.63, 3.8) is 0 Å². The Bertz CT molecular complexity index is 622. The van der Waals surface area contributed by atoms with Crippen LogP contribution in [-0.2, 0) is 0 Å². The van der Waals surface area contributed by atoms with E-state index in [1.165, 1.54) is 37.9 Å². The summed E-state index contributed by atoms with van der Waals surface area (Å²) in [6.45, 7) is 8.63. The van der Waals surface area contributed by atoms with E-state index in [9.17, 15) is 0 Å². The second-order valence-electron chi connectivity index (χ2n) is 4.89. The minimum absolute atomic E-state index is 1.21. The molecule has 98 valence electrons. The van der Waals surface area contributed by atoms with Crippen LogP contribution in [0.4, 0.5) is 0 Å². The lowest BCUT2D eigenvalue weighted by atomic mass is 9.89. The number of hydrogen-bond acceptors (Lipinski definition) is 0. The first-order valence-corrected chi connectivity index (χ1v) is 7.34. The van der Waals surface area contributed by atoms with Gasteiger partial charge in [-0.15, -0.1) is 0 Å². The molecule has 0 amide bonds. The first-order valence-electron chi connectivity index (χ1n) is 6.54. The molecule has 0 unspecified atom stereocenters. The molecule has 0 bridgehead atoms. The van der Waals surface area contributed by atoms with E-state index < -0.39 is 0 Å². The summed E-state index contributed by atoms with van der Waals surface area (Å²) in [6, 6.07) is 12.8. The Morgan fingerprint density at radius 2 is 1.63 bits per heavy atom. The van der Waals surface area contributed by atoms with E-state index in [-0.39, 0.29) is 0 Å². The highest BCUT2D eigenvalue weighted by Crippen LogP contribution is 2.34. The van der Waals surface area contributed by atoms with E-state index in [2.05, 4.69) is 86.1 Å². The van der Waals surface area contributed by atoms with Crippen LogP contribution in [0, 0.1) is 20.8 Å². The molecule has 2 rings (SSSR count). The highest BCUT2D eigenvalue weighted by molar-refractivity contribution is 9.10. The molecule has 0 spiro atoms. The zero-order valence-electron chi connectivity index (χ0n) is 11.9. The monoisotopic (exact) mass is 314 g/mol. The molecule has 0 atom stereocenters. The molecule has 0 fully saturated rings. The Morgan fingerprint density at radius 3 is 2.21 bits per heavy atom. The first kappa shape index (κ1) is 14.1. The molecule has 0 saturated heterocycles. The van der Waals surface area contributed by atoms with Crippen LogP contribution in [0.3, 0.4) is 0 Å². The van der Waals surface area contributed by atoms with Crippen molar-refractivity contribution in [1.82, 2.24) is 0 Å². The Hall–Kier alpha value is -1.34. The smallest absolute Gasteiger partial charge is 0.0240 e. The summed E-state index contributed by atoms with van der Waals surface area (Å²) in [5.41, 5.74) is 7.85. The van der Waals surface area contributed by atoms with Crippen molar-refractivity contribution in [3.8, 4) is 0 Å². The largest absolute Gasteiger partial charge is 0.0792 e. The molecule has 19 heavy (non-hydrogen) atoms. The maximum atomic E-state index is 3.71. The van der Waals surface area contributed by atoms with Crippen LogP contribution in [0.25, 0.3) is 5.57 Å². The Balaban J connectivity index is 2.68. The fourth-order valence-corrected chi connectivity index (χ4v) is 2.96. The number of rotatable bonds is 2. The molecule has 0 N–H and O–H groups in total. The molecule has 0 aliphatic carbocycles. The van der Waals surface area contributed by atoms with Gasteiger partial charge in [0.05, 0.1) is 0 Å². The van der Waals surface area contributed by atoms with E-state index in [0.29, 0.717) is 0 Å². The SMILES string of the molecule is C/C=C(/c1ccccc1)c1c(C)cc(C)c(Br)c1C. The molecule has 0 aromatic heterocycles. The van der Waals surface area contributed by atoms with Gasteiger partial charge in [0.25, 0.3) is 0 Å². The predicted molar refractivity (Wildman–Crippen MR) is 87.5 cm³/mol. The van der Waals surface area contributed by atoms with Crippen LogP contribution >= 0.6 is 15.9 Å². The maximum absolute atomic E-state index is 3.71. The number of benzene rings is 2. The molecule has 0 nitrogen and oxygen atoms in total. The van der Waals surface area contributed by atoms with Gasteiger partial charge in [-0.1, -0.05) is 58.4 Å². The molecule has 0 aliphatic heterocycles. The van der Waals surface area contributed by atoms with Crippen molar-refractivity contribution in [2.75, 3.05) is 0 Å². The van der Waals surface area contributed by atoms with Crippen LogP contribution in [0.5, 0.6) is 0 Å². The Kier molecular flexibility index (Phi) is 4.26. The Labute approximate surface area is 124 Å². The zero-order chi connectivity index (χ0) is 14.0. The average molecular weight is 315 g/mol. The summed E-state index contributed by atoms with van der Waals surface area (Å²) in [5.74, 6) is 0. The zero-order valence-corrected chi connectivity index (χ0v) is 13.5. The van der Waals surface area contributed by atoms with Gasteiger partial charge in [0.15, 0.2) is 0 Å². The summed E-state index contributed by atoms with van der Waals surface area (Å²) >= 11 is 3.71. The summed E-state index contributed by atoms with van der Waals surface area (Å²) in [5, 5.41) is 0. The van der Waals surface area contributed by atoms with Crippen molar-refractivity contribution < 1.29 is 0 Å². The van der Waals surface area contributed by atoms with Gasteiger partial charge in [-0.2, -0.15) is 0 Å². The minimum Gasteiger partial charge on any atom is -0.0792 e. The maximum Gasteiger partial charge on any atom is 0.0240 e. The number of halogens is 1. The van der Waals surface area contributed by atoms with Gasteiger partial charge in [-0.05, 0) is 61.1 Å². The lowest BCUT2D eigenvalue weighted by Crippen LogP contribution is -1.98. The summed E-state index contributed by atoms with van der Waals surface area (Å²) in [6.07, 6.45) is 2.20. The van der Waals surface area contributed by atoms with Crippen molar-refractivity contribution in [2.45, 2.75) is 27.7 Å². The van der Waals surface area contributed by atoms with Gasteiger partial charge < -0.3 is 0 Å². The standard InChI is InChI=1S/C18H19Br/c1-5-16(15-9-7-6-8-10-15)17-12(2)11-13(3)18(19)14(17)4/h5-11H,1-4H3/b16-5-. The van der Waals surface area contributed by atoms with Gasteiger partial charge in [-0.3, -0.25) is 0 Å². The molecule has 0 aliphatic rings. The normalized spacial score (nSPS) is 11.7. The summed E-state index contributed by atoms with van der Waals surface area (Å²) < 4.78 is 1.21. The first-order chi connectivity index (χ1) is 9.06. The fraction of sp³-hybridized carbons (Fsp3) is 0.222. The van der Waals surface area contributed by atoms with Gasteiger partial charge in [0.2, 0.25) is 0 Å². The highest BCUT2D eigenvalue weighted by atomic mass is 79.9. The predicted octanol–water partition coefficient (Wildman–Crippen LogP) is 5.83. The van der Waals surface area contributed by atoms with Crippen molar-refractivity contribution in [3.05, 3.63) is 74.8 Å². The lowest BCUT2D eigenvalue weighted by molar-refractivity contribution is 1.26. The summed E-state index contributed by atoms with van der Waals surface area (Å²) in [4.78, 5) is 0. The van der Waals surface area contributed by atoms with E-state index in [4.69, 9.17) is 0 Å². The quantitative estimate of drug-likeness (QED) is 0.654. The Morgan fingerprint density at radius 1 is 1.00 bits per heavy atom. The van der Waals surface area contributed by atoms with Crippen LogP contribution in [0.1, 0.15) is 34.7 Å². The second-order valence-corrected chi connectivity index (χ2v) is 5.69. The topological polar surface area (TPSA) is 0 Å². The number of allylic oxidation sites excluding steroid dienone is 1. The molecule has 0 radical (unpaired) electrons. The minimum atomic E-state index is 1.21. The van der Waals surface area contributed by atoms with Gasteiger partial charge in [0, 0.05) is 4.47 Å². The molecule has 2 aromatic rings. The average Bonchev–Trinajstić information content (AvgIpc) is 2.42. The third kappa shape index (κ3) is 2.66. The van der Waals surface area contributed by atoms with Crippen LogP contribution < -0.4 is 0 Å². The molecule has 0 heterocycles. The van der Waals surface area contributed by atoms with Gasteiger partial charge >= 0.3 is 0 Å². The second kappa shape index (κ2) is 5.75. The molecule has 2 aromatic carbocycles. The highest BCUT2D eigenvalue weighted by Gasteiger charge is 2.13. The number of aryl methyl sites for hydroxylation is 2. The van der Waals surface area contributed by atoms with Crippen LogP contribution in [0.2, 0.25) is 0 Å². The van der Waals surface area contributed by atoms with Crippen molar-refractivity contribution >= 4 is 21.5 Å². The molecule has 1 heteroatoms. The van der Waals surface area contributed by atoms with Gasteiger partial charge in [-0.25, -0.2) is 0 Å². The fourth-order valence-electron chi connectivity index (χ4n) is 2.65. The van der Waals surface area contributed by atoms with Gasteiger partial charge in [0.1, 0.15) is 0 Å². The third-order valence-corrected chi connectivity index (χ3v) is 4.74. The molecular formula is C18H19Br. The van der Waals surface area contributed by atoms with Crippen LogP contribution in [0.15, 0.2) is 46.9 Å². The molecule has 0 saturated carbocycles. The van der Waals surface area contributed by atoms with E-state index in [1.807, 2.05) is 0 Å². The van der Waals surface area contributed by atoms with E-state index in [1.54, 1.807) is 0 Å². The summed E-state index contributed by atoms with van der Waals surface area (Å²) in [7, 11) is 0. The van der Waals surface area contributed by atoms with Crippen LogP contribution in [-0.4, -0.2) is 0 Å². The lowest BCUT2D eigenvalue weighted by Gasteiger charge is -2.17. The van der Waals surface area contributed by atoms with Crippen molar-refractivity contribution in [1.29, 1.82) is 0 Å². The van der Waals surface area contributed by atoms with Crippen molar-refractivity contribution in [2.24, 2.45) is 0 Å². The van der Waals surface area contributed by atoms with E-state index >= 15 is 0 Å². The molecular weight excluding hydrogens is 296 g/mol. The number of hydrogen-bond donors (Lipinski definition) is 0. The third-order valence-electron chi connectivity index (χ3n) is 3.52.